The van der Waals surface area contributed by atoms with Crippen LogP contribution in [0.4, 0.5) is 15.0 Å². The Hall–Kier alpha value is -3.16. The maximum Gasteiger partial charge on any atom is 0.408 e. The van der Waals surface area contributed by atoms with Gasteiger partial charge in [0.15, 0.2) is 0 Å². The van der Waals surface area contributed by atoms with E-state index in [0.29, 0.717) is 25.1 Å². The third kappa shape index (κ3) is 6.18. The molecule has 1 aromatic carbocycles. The summed E-state index contributed by atoms with van der Waals surface area (Å²) >= 11 is 0. The van der Waals surface area contributed by atoms with Gasteiger partial charge in [-0.15, -0.1) is 0 Å². The maximum atomic E-state index is 13.5. The normalized spacial score (nSPS) is 14.5. The van der Waals surface area contributed by atoms with Crippen LogP contribution in [0.25, 0.3) is 0 Å². The second-order valence-electron chi connectivity index (χ2n) is 9.00. The van der Waals surface area contributed by atoms with Crippen LogP contribution in [0.5, 0.6) is 0 Å². The van der Waals surface area contributed by atoms with Crippen molar-refractivity contribution >= 4 is 17.8 Å². The van der Waals surface area contributed by atoms with Gasteiger partial charge in [-0.3, -0.25) is 4.79 Å². The third-order valence-corrected chi connectivity index (χ3v) is 5.10. The fraction of sp³-hybridized carbons (Fsp3) is 0.458. The number of ether oxygens (including phenoxy) is 1. The van der Waals surface area contributed by atoms with Crippen molar-refractivity contribution in [3.63, 3.8) is 0 Å². The van der Waals surface area contributed by atoms with E-state index in [1.165, 1.54) is 5.56 Å². The molecular formula is C24H31FN4O3. The molecule has 0 aliphatic carbocycles. The molecule has 1 aliphatic heterocycles. The SMILES string of the molecule is CN(Cc1ccccc1)c1ccc2c(n1)CCN(C[C@@H](CF)NC(=O)OC(C)(C)C)C2=O. The van der Waals surface area contributed by atoms with Crippen LogP contribution in [0.3, 0.4) is 0 Å². The van der Waals surface area contributed by atoms with E-state index in [-0.39, 0.29) is 12.5 Å². The number of anilines is 1. The first kappa shape index (κ1) is 23.5. The van der Waals surface area contributed by atoms with Crippen LogP contribution < -0.4 is 10.2 Å². The third-order valence-electron chi connectivity index (χ3n) is 5.10. The minimum atomic E-state index is -0.834. The molecule has 0 unspecified atom stereocenters. The molecule has 0 fully saturated rings. The van der Waals surface area contributed by atoms with Crippen molar-refractivity contribution in [2.75, 3.05) is 31.7 Å². The van der Waals surface area contributed by atoms with Crippen molar-refractivity contribution in [3.8, 4) is 0 Å². The zero-order chi connectivity index (χ0) is 23.3. The summed E-state index contributed by atoms with van der Waals surface area (Å²) < 4.78 is 18.7. The molecule has 172 valence electrons. The molecule has 8 heteroatoms. The number of hydrogen-bond acceptors (Lipinski definition) is 5. The maximum absolute atomic E-state index is 13.5. The van der Waals surface area contributed by atoms with Crippen LogP contribution >= 0.6 is 0 Å². The fourth-order valence-electron chi connectivity index (χ4n) is 3.59. The van der Waals surface area contributed by atoms with E-state index < -0.39 is 24.4 Å². The zero-order valence-electron chi connectivity index (χ0n) is 19.1. The number of nitrogens with one attached hydrogen (secondary N) is 1. The Balaban J connectivity index is 1.64. The number of alkyl carbamates (subject to hydrolysis) is 1. The van der Waals surface area contributed by atoms with Gasteiger partial charge in [0.2, 0.25) is 0 Å². The van der Waals surface area contributed by atoms with Crippen molar-refractivity contribution < 1.29 is 18.7 Å². The number of rotatable bonds is 7. The van der Waals surface area contributed by atoms with E-state index in [9.17, 15) is 14.0 Å². The standard InChI is InChI=1S/C24H31FN4O3/c1-24(2,3)32-23(31)26-18(14-25)16-29-13-12-20-19(22(29)30)10-11-21(27-20)28(4)15-17-8-6-5-7-9-17/h5-11,18H,12-16H2,1-4H3,(H,26,31)/t18-/m1/s1. The van der Waals surface area contributed by atoms with Crippen LogP contribution in [0.15, 0.2) is 42.5 Å². The van der Waals surface area contributed by atoms with E-state index in [1.54, 1.807) is 31.7 Å². The summed E-state index contributed by atoms with van der Waals surface area (Å²) in [6.07, 6.45) is -0.128. The molecule has 1 N–H and O–H groups in total. The number of alkyl halides is 1. The summed E-state index contributed by atoms with van der Waals surface area (Å²) in [7, 11) is 1.97. The second-order valence-corrected chi connectivity index (χ2v) is 9.00. The van der Waals surface area contributed by atoms with Crippen LogP contribution in [-0.2, 0) is 17.7 Å². The Morgan fingerprint density at radius 3 is 2.62 bits per heavy atom. The van der Waals surface area contributed by atoms with Gasteiger partial charge in [-0.1, -0.05) is 30.3 Å². The minimum Gasteiger partial charge on any atom is -0.444 e. The summed E-state index contributed by atoms with van der Waals surface area (Å²) in [4.78, 5) is 33.2. The lowest BCUT2D eigenvalue weighted by Gasteiger charge is -2.31. The number of hydrogen-bond donors (Lipinski definition) is 1. The minimum absolute atomic E-state index is 0.0731. The molecule has 0 bridgehead atoms. The first-order valence-electron chi connectivity index (χ1n) is 10.8. The highest BCUT2D eigenvalue weighted by Gasteiger charge is 2.29. The topological polar surface area (TPSA) is 74.8 Å². The molecule has 1 aromatic heterocycles. The number of fused-ring (bicyclic) bond motifs is 1. The van der Waals surface area contributed by atoms with E-state index in [2.05, 4.69) is 17.4 Å². The number of benzene rings is 1. The molecule has 2 heterocycles. The van der Waals surface area contributed by atoms with Gasteiger partial charge in [0.05, 0.1) is 17.3 Å². The number of carbonyl (C=O) groups is 2. The average Bonchev–Trinajstić information content (AvgIpc) is 2.74. The van der Waals surface area contributed by atoms with Gasteiger partial charge < -0.3 is 19.9 Å². The molecule has 7 nitrogen and oxygen atoms in total. The monoisotopic (exact) mass is 442 g/mol. The summed E-state index contributed by atoms with van der Waals surface area (Å²) in [5.41, 5.74) is 1.75. The molecule has 0 spiro atoms. The number of amides is 2. The summed E-state index contributed by atoms with van der Waals surface area (Å²) in [5.74, 6) is 0.586. The average molecular weight is 443 g/mol. The van der Waals surface area contributed by atoms with Crippen molar-refractivity contribution in [1.29, 1.82) is 0 Å². The first-order valence-corrected chi connectivity index (χ1v) is 10.8. The predicted octanol–water partition coefficient (Wildman–Crippen LogP) is 3.58. The number of pyridine rings is 1. The lowest BCUT2D eigenvalue weighted by Crippen LogP contribution is -2.50. The van der Waals surface area contributed by atoms with Crippen LogP contribution in [0.2, 0.25) is 0 Å². The van der Waals surface area contributed by atoms with Gasteiger partial charge in [-0.25, -0.2) is 14.2 Å². The van der Waals surface area contributed by atoms with Gasteiger partial charge >= 0.3 is 6.09 Å². The Labute approximate surface area is 188 Å². The number of aromatic nitrogens is 1. The Kier molecular flexibility index (Phi) is 7.33. The molecule has 2 amide bonds. The highest BCUT2D eigenvalue weighted by Crippen LogP contribution is 2.22. The van der Waals surface area contributed by atoms with Crippen molar-refractivity contribution in [2.45, 2.75) is 45.4 Å². The Bertz CT molecular complexity index is 946. The van der Waals surface area contributed by atoms with Crippen molar-refractivity contribution in [3.05, 3.63) is 59.3 Å². The van der Waals surface area contributed by atoms with Crippen LogP contribution in [0.1, 0.15) is 42.4 Å². The van der Waals surface area contributed by atoms with E-state index in [0.717, 1.165) is 11.5 Å². The van der Waals surface area contributed by atoms with Crippen molar-refractivity contribution in [1.82, 2.24) is 15.2 Å². The molecule has 3 rings (SSSR count). The van der Waals surface area contributed by atoms with Gasteiger partial charge in [0.1, 0.15) is 18.1 Å². The van der Waals surface area contributed by atoms with Crippen molar-refractivity contribution in [2.24, 2.45) is 0 Å². The van der Waals surface area contributed by atoms with Gasteiger partial charge in [0.25, 0.3) is 5.91 Å². The molecule has 1 atom stereocenters. The first-order chi connectivity index (χ1) is 15.2. The van der Waals surface area contributed by atoms with Crippen LogP contribution in [-0.4, -0.2) is 60.3 Å². The molecule has 0 saturated heterocycles. The highest BCUT2D eigenvalue weighted by molar-refractivity contribution is 5.96. The highest BCUT2D eigenvalue weighted by atomic mass is 19.1. The predicted molar refractivity (Wildman–Crippen MR) is 122 cm³/mol. The molecule has 2 aromatic rings. The zero-order valence-corrected chi connectivity index (χ0v) is 19.1. The summed E-state index contributed by atoms with van der Waals surface area (Å²) in [6.45, 7) is 5.61. The van der Waals surface area contributed by atoms with E-state index in [4.69, 9.17) is 9.72 Å². The number of nitrogens with zero attached hydrogens (tertiary/aromatic N) is 3. The second kappa shape index (κ2) is 9.97. The van der Waals surface area contributed by atoms with Crippen LogP contribution in [0, 0.1) is 0 Å². The Morgan fingerprint density at radius 1 is 1.25 bits per heavy atom. The lowest BCUT2D eigenvalue weighted by molar-refractivity contribution is 0.0465. The Morgan fingerprint density at radius 2 is 1.97 bits per heavy atom. The lowest BCUT2D eigenvalue weighted by atomic mass is 10.0. The van der Waals surface area contributed by atoms with E-state index in [1.807, 2.05) is 36.2 Å². The van der Waals surface area contributed by atoms with Gasteiger partial charge in [-0.2, -0.15) is 0 Å². The number of carbonyl (C=O) groups excluding carboxylic acids is 2. The molecule has 1 aliphatic rings. The molecule has 0 radical (unpaired) electrons. The number of halogens is 1. The fourth-order valence-corrected chi connectivity index (χ4v) is 3.59. The van der Waals surface area contributed by atoms with Gasteiger partial charge in [-0.05, 0) is 38.5 Å². The molecular weight excluding hydrogens is 411 g/mol. The summed E-state index contributed by atoms with van der Waals surface area (Å²) in [5, 5.41) is 2.51. The van der Waals surface area contributed by atoms with E-state index >= 15 is 0 Å². The van der Waals surface area contributed by atoms with Gasteiger partial charge in [0, 0.05) is 33.1 Å². The smallest absolute Gasteiger partial charge is 0.408 e. The quantitative estimate of drug-likeness (QED) is 0.710. The molecule has 32 heavy (non-hydrogen) atoms. The summed E-state index contributed by atoms with van der Waals surface area (Å²) in [6, 6.07) is 12.9. The largest absolute Gasteiger partial charge is 0.444 e. The molecule has 0 saturated carbocycles.